The Morgan fingerprint density at radius 1 is 1.19 bits per heavy atom. The van der Waals surface area contributed by atoms with Crippen LogP contribution in [0.15, 0.2) is 36.7 Å². The van der Waals surface area contributed by atoms with E-state index in [-0.39, 0.29) is 5.91 Å². The van der Waals surface area contributed by atoms with Crippen molar-refractivity contribution < 1.29 is 14.3 Å². The van der Waals surface area contributed by atoms with Crippen molar-refractivity contribution in [3.8, 4) is 5.75 Å². The minimum atomic E-state index is -1.58. The molecule has 1 unspecified atom stereocenters. The predicted octanol–water partition coefficient (Wildman–Crippen LogP) is 1.22. The largest absolute Gasteiger partial charge is 0.466 e. The number of nitrogens with one attached hydrogen (secondary N) is 1. The minimum Gasteiger partial charge on any atom is -0.466 e. The molecular weight excluding hydrogens is 346 g/mol. The highest BCUT2D eigenvalue weighted by molar-refractivity contribution is 6.15. The Kier molecular flexibility index (Phi) is 4.18. The molecule has 1 atom stereocenters. The lowest BCUT2D eigenvalue weighted by atomic mass is 10.00. The molecule has 2 aromatic rings. The Hall–Kier alpha value is -3.16. The van der Waals surface area contributed by atoms with Crippen molar-refractivity contribution in [3.63, 3.8) is 0 Å². The van der Waals surface area contributed by atoms with Crippen molar-refractivity contribution in [2.24, 2.45) is 0 Å². The highest BCUT2D eigenvalue weighted by Crippen LogP contribution is 2.35. The van der Waals surface area contributed by atoms with Gasteiger partial charge in [-0.2, -0.15) is 0 Å². The summed E-state index contributed by atoms with van der Waals surface area (Å²) < 4.78 is 5.87. The maximum absolute atomic E-state index is 13.1. The van der Waals surface area contributed by atoms with Crippen LogP contribution in [-0.2, 0) is 9.59 Å². The Bertz CT molecular complexity index is 880. The van der Waals surface area contributed by atoms with Crippen LogP contribution in [0, 0.1) is 6.92 Å². The fraction of sp³-hybridized carbons (Fsp3) is 0.368. The van der Waals surface area contributed by atoms with Gasteiger partial charge in [0.05, 0.1) is 5.69 Å². The number of aryl methyl sites for hydroxylation is 1. The van der Waals surface area contributed by atoms with Crippen molar-refractivity contribution in [2.75, 3.05) is 36.4 Å². The average Bonchev–Trinajstić information content (AvgIpc) is 2.69. The second-order valence-electron chi connectivity index (χ2n) is 6.92. The summed E-state index contributed by atoms with van der Waals surface area (Å²) in [6.07, 6.45) is 3.39. The summed E-state index contributed by atoms with van der Waals surface area (Å²) in [6, 6.07) is 7.26. The van der Waals surface area contributed by atoms with Crippen molar-refractivity contribution in [1.82, 2.24) is 14.9 Å². The van der Waals surface area contributed by atoms with Crippen LogP contribution >= 0.6 is 0 Å². The number of amides is 2. The summed E-state index contributed by atoms with van der Waals surface area (Å²) >= 11 is 0. The van der Waals surface area contributed by atoms with E-state index in [0.29, 0.717) is 43.6 Å². The van der Waals surface area contributed by atoms with Crippen LogP contribution in [0.2, 0.25) is 0 Å². The van der Waals surface area contributed by atoms with E-state index in [9.17, 15) is 9.59 Å². The number of ether oxygens (including phenoxy) is 1. The predicted molar refractivity (Wildman–Crippen MR) is 99.7 cm³/mol. The SMILES string of the molecule is Cc1ccc2c(c1)NC(=O)C(C)(C(=O)N1CCN(c3ncccn3)CC1)O2. The Morgan fingerprint density at radius 2 is 1.89 bits per heavy atom. The third-order valence-electron chi connectivity index (χ3n) is 4.94. The van der Waals surface area contributed by atoms with E-state index in [4.69, 9.17) is 4.74 Å². The van der Waals surface area contributed by atoms with Crippen LogP contribution in [0.3, 0.4) is 0 Å². The van der Waals surface area contributed by atoms with Crippen LogP contribution in [-0.4, -0.2) is 58.5 Å². The molecule has 1 aromatic carbocycles. The van der Waals surface area contributed by atoms with Gasteiger partial charge in [0.25, 0.3) is 17.4 Å². The van der Waals surface area contributed by atoms with E-state index in [1.807, 2.05) is 24.0 Å². The van der Waals surface area contributed by atoms with Crippen LogP contribution < -0.4 is 15.0 Å². The molecule has 27 heavy (non-hydrogen) atoms. The first kappa shape index (κ1) is 17.3. The Balaban J connectivity index is 1.48. The lowest BCUT2D eigenvalue weighted by Gasteiger charge is -2.40. The van der Waals surface area contributed by atoms with Crippen LogP contribution in [0.25, 0.3) is 0 Å². The first-order valence-corrected chi connectivity index (χ1v) is 8.90. The molecule has 4 rings (SSSR count). The topological polar surface area (TPSA) is 87.7 Å². The van der Waals surface area contributed by atoms with E-state index in [0.717, 1.165) is 5.56 Å². The third-order valence-corrected chi connectivity index (χ3v) is 4.94. The van der Waals surface area contributed by atoms with Gasteiger partial charge in [0.2, 0.25) is 5.95 Å². The number of carbonyl (C=O) groups is 2. The summed E-state index contributed by atoms with van der Waals surface area (Å²) in [6.45, 7) is 5.61. The molecule has 1 saturated heterocycles. The molecule has 3 heterocycles. The van der Waals surface area contributed by atoms with Crippen LogP contribution in [0.4, 0.5) is 11.6 Å². The average molecular weight is 367 g/mol. The monoisotopic (exact) mass is 367 g/mol. The van der Waals surface area contributed by atoms with Gasteiger partial charge in [0, 0.05) is 38.6 Å². The number of hydrogen-bond donors (Lipinski definition) is 1. The van der Waals surface area contributed by atoms with Gasteiger partial charge in [-0.3, -0.25) is 9.59 Å². The molecule has 140 valence electrons. The summed E-state index contributed by atoms with van der Waals surface area (Å²) in [7, 11) is 0. The quantitative estimate of drug-likeness (QED) is 0.803. The summed E-state index contributed by atoms with van der Waals surface area (Å²) in [4.78, 5) is 37.9. The van der Waals surface area contributed by atoms with Crippen molar-refractivity contribution >= 4 is 23.5 Å². The van der Waals surface area contributed by atoms with E-state index < -0.39 is 11.5 Å². The smallest absolute Gasteiger partial charge is 0.278 e. The molecule has 2 amide bonds. The van der Waals surface area contributed by atoms with E-state index in [1.54, 1.807) is 29.4 Å². The van der Waals surface area contributed by atoms with Gasteiger partial charge in [-0.25, -0.2) is 9.97 Å². The van der Waals surface area contributed by atoms with Crippen molar-refractivity contribution in [1.29, 1.82) is 0 Å². The minimum absolute atomic E-state index is 0.333. The van der Waals surface area contributed by atoms with E-state index in [2.05, 4.69) is 15.3 Å². The first-order valence-electron chi connectivity index (χ1n) is 8.90. The summed E-state index contributed by atoms with van der Waals surface area (Å²) in [5.74, 6) is 0.374. The van der Waals surface area contributed by atoms with Gasteiger partial charge < -0.3 is 19.9 Å². The third kappa shape index (κ3) is 3.07. The van der Waals surface area contributed by atoms with Crippen molar-refractivity contribution in [3.05, 3.63) is 42.2 Å². The van der Waals surface area contributed by atoms with Crippen molar-refractivity contribution in [2.45, 2.75) is 19.4 Å². The molecule has 1 N–H and O–H groups in total. The number of rotatable bonds is 2. The number of benzene rings is 1. The van der Waals surface area contributed by atoms with Crippen LogP contribution in [0.5, 0.6) is 5.75 Å². The van der Waals surface area contributed by atoms with E-state index in [1.165, 1.54) is 6.92 Å². The zero-order chi connectivity index (χ0) is 19.0. The normalized spacial score (nSPS) is 21.9. The first-order chi connectivity index (χ1) is 13.0. The number of nitrogens with zero attached hydrogens (tertiary/aromatic N) is 4. The Morgan fingerprint density at radius 3 is 2.59 bits per heavy atom. The maximum Gasteiger partial charge on any atom is 0.278 e. The molecule has 8 nitrogen and oxygen atoms in total. The highest BCUT2D eigenvalue weighted by Gasteiger charge is 2.49. The molecule has 0 aliphatic carbocycles. The lowest BCUT2D eigenvalue weighted by Crippen LogP contribution is -2.62. The van der Waals surface area contributed by atoms with E-state index >= 15 is 0 Å². The number of carbonyl (C=O) groups excluding carboxylic acids is 2. The molecule has 0 saturated carbocycles. The molecule has 2 aliphatic heterocycles. The molecule has 1 aromatic heterocycles. The molecule has 1 fully saturated rings. The fourth-order valence-electron chi connectivity index (χ4n) is 3.34. The van der Waals surface area contributed by atoms with Gasteiger partial charge in [0.15, 0.2) is 0 Å². The van der Waals surface area contributed by atoms with Gasteiger partial charge in [-0.15, -0.1) is 0 Å². The molecule has 2 aliphatic rings. The highest BCUT2D eigenvalue weighted by atomic mass is 16.5. The van der Waals surface area contributed by atoms with Gasteiger partial charge in [-0.1, -0.05) is 6.07 Å². The molecule has 0 spiro atoms. The fourth-order valence-corrected chi connectivity index (χ4v) is 3.34. The number of piperazine rings is 1. The number of aromatic nitrogens is 2. The molecule has 0 bridgehead atoms. The molecule has 0 radical (unpaired) electrons. The second-order valence-corrected chi connectivity index (χ2v) is 6.92. The van der Waals surface area contributed by atoms with Gasteiger partial charge in [-0.05, 0) is 37.6 Å². The number of hydrogen-bond acceptors (Lipinski definition) is 6. The Labute approximate surface area is 157 Å². The standard InChI is InChI=1S/C19H21N5O3/c1-13-4-5-15-14(12-13)22-16(25)19(2,27-15)17(26)23-8-10-24(11-9-23)18-20-6-3-7-21-18/h3-7,12H,8-11H2,1-2H3,(H,22,25). The van der Waals surface area contributed by atoms with Gasteiger partial charge >= 0.3 is 0 Å². The summed E-state index contributed by atoms with van der Waals surface area (Å²) in [5.41, 5.74) is 0.0244. The maximum atomic E-state index is 13.1. The second kappa shape index (κ2) is 6.53. The molecule has 8 heteroatoms. The number of anilines is 2. The summed E-state index contributed by atoms with van der Waals surface area (Å²) in [5, 5.41) is 2.80. The zero-order valence-electron chi connectivity index (χ0n) is 15.3. The van der Waals surface area contributed by atoms with Gasteiger partial charge in [0.1, 0.15) is 5.75 Å². The number of fused-ring (bicyclic) bond motifs is 1. The lowest BCUT2D eigenvalue weighted by molar-refractivity contribution is -0.154. The zero-order valence-corrected chi connectivity index (χ0v) is 15.3. The molecular formula is C19H21N5O3. The van der Waals surface area contributed by atoms with Crippen LogP contribution in [0.1, 0.15) is 12.5 Å².